The molecule has 2 rings (SSSR count). The van der Waals surface area contributed by atoms with E-state index < -0.39 is 0 Å². The number of fused-ring (bicyclic) bond motifs is 1. The minimum atomic E-state index is -0.183. The van der Waals surface area contributed by atoms with E-state index in [2.05, 4.69) is 4.99 Å². The molecule has 0 saturated carbocycles. The Labute approximate surface area is 103 Å². The largest absolute Gasteiger partial charge is 0.494 e. The van der Waals surface area contributed by atoms with E-state index in [1.807, 2.05) is 36.7 Å². The zero-order chi connectivity index (χ0) is 12.4. The van der Waals surface area contributed by atoms with Gasteiger partial charge in [-0.15, -0.1) is 0 Å². The van der Waals surface area contributed by atoms with Crippen molar-refractivity contribution in [2.75, 3.05) is 6.61 Å². The third-order valence-corrected chi connectivity index (χ3v) is 3.44. The van der Waals surface area contributed by atoms with Gasteiger partial charge in [0.1, 0.15) is 5.75 Å². The van der Waals surface area contributed by atoms with Crippen LogP contribution in [0.5, 0.6) is 5.75 Å². The molecule has 0 unspecified atom stereocenters. The van der Waals surface area contributed by atoms with Crippen LogP contribution in [0.15, 0.2) is 23.2 Å². The molecule has 1 heterocycles. The molecule has 0 atom stereocenters. The van der Waals surface area contributed by atoms with Crippen molar-refractivity contribution in [1.29, 1.82) is 0 Å². The second-order valence-corrected chi connectivity index (χ2v) is 4.65. The van der Waals surface area contributed by atoms with Crippen LogP contribution in [0.4, 0.5) is 0 Å². The van der Waals surface area contributed by atoms with Crippen LogP contribution in [0.2, 0.25) is 0 Å². The third-order valence-electron chi connectivity index (χ3n) is 2.34. The first-order chi connectivity index (χ1) is 8.11. The summed E-state index contributed by atoms with van der Waals surface area (Å²) in [7, 11) is 1.90. The summed E-state index contributed by atoms with van der Waals surface area (Å²) in [5.41, 5.74) is 1.05. The number of carbonyl (C=O) groups is 1. The zero-order valence-corrected chi connectivity index (χ0v) is 10.9. The quantitative estimate of drug-likeness (QED) is 0.819. The maximum atomic E-state index is 11.0. The highest BCUT2D eigenvalue weighted by Crippen LogP contribution is 2.22. The summed E-state index contributed by atoms with van der Waals surface area (Å²) < 4.78 is 8.43. The van der Waals surface area contributed by atoms with Crippen molar-refractivity contribution in [1.82, 2.24) is 4.57 Å². The van der Waals surface area contributed by atoms with Gasteiger partial charge in [0.15, 0.2) is 4.80 Å². The normalized spacial score (nSPS) is 12.1. The van der Waals surface area contributed by atoms with Gasteiger partial charge in [-0.3, -0.25) is 4.79 Å². The van der Waals surface area contributed by atoms with Gasteiger partial charge in [-0.1, -0.05) is 11.3 Å². The predicted octanol–water partition coefficient (Wildman–Crippen LogP) is 2.09. The topological polar surface area (TPSA) is 43.6 Å². The van der Waals surface area contributed by atoms with Crippen LogP contribution < -0.4 is 9.54 Å². The highest BCUT2D eigenvalue weighted by Gasteiger charge is 2.04. The third kappa shape index (κ3) is 2.39. The van der Waals surface area contributed by atoms with Crippen molar-refractivity contribution in [3.05, 3.63) is 23.0 Å². The van der Waals surface area contributed by atoms with E-state index in [1.165, 1.54) is 18.3 Å². The van der Waals surface area contributed by atoms with Crippen molar-refractivity contribution < 1.29 is 9.53 Å². The highest BCUT2D eigenvalue weighted by molar-refractivity contribution is 7.16. The SMILES string of the molecule is CCOc1ccc2c(c1)sc(=NC(C)=O)n2C. The van der Waals surface area contributed by atoms with E-state index in [9.17, 15) is 4.79 Å². The Hall–Kier alpha value is -1.62. The van der Waals surface area contributed by atoms with Gasteiger partial charge in [-0.2, -0.15) is 4.99 Å². The van der Waals surface area contributed by atoms with Crippen molar-refractivity contribution in [3.63, 3.8) is 0 Å². The number of amides is 1. The van der Waals surface area contributed by atoms with E-state index in [4.69, 9.17) is 4.74 Å². The van der Waals surface area contributed by atoms with Crippen LogP contribution in [-0.4, -0.2) is 17.1 Å². The number of ether oxygens (including phenoxy) is 1. The van der Waals surface area contributed by atoms with Gasteiger partial charge in [0.2, 0.25) is 5.91 Å². The minimum absolute atomic E-state index is 0.183. The molecule has 0 fully saturated rings. The first kappa shape index (κ1) is 11.9. The second-order valence-electron chi connectivity index (χ2n) is 3.64. The van der Waals surface area contributed by atoms with Gasteiger partial charge in [0.05, 0.1) is 16.8 Å². The van der Waals surface area contributed by atoms with E-state index in [0.717, 1.165) is 16.0 Å². The molecule has 0 N–H and O–H groups in total. The van der Waals surface area contributed by atoms with E-state index >= 15 is 0 Å². The number of thiazole rings is 1. The van der Waals surface area contributed by atoms with Gasteiger partial charge in [-0.25, -0.2) is 0 Å². The van der Waals surface area contributed by atoms with Gasteiger partial charge in [0.25, 0.3) is 0 Å². The van der Waals surface area contributed by atoms with Crippen LogP contribution >= 0.6 is 11.3 Å². The van der Waals surface area contributed by atoms with Gasteiger partial charge >= 0.3 is 0 Å². The molecule has 0 radical (unpaired) electrons. The number of nitrogens with zero attached hydrogens (tertiary/aromatic N) is 2. The van der Waals surface area contributed by atoms with Crippen LogP contribution in [0.25, 0.3) is 10.2 Å². The maximum absolute atomic E-state index is 11.0. The lowest BCUT2D eigenvalue weighted by Crippen LogP contribution is -2.11. The summed E-state index contributed by atoms with van der Waals surface area (Å²) in [6.45, 7) is 4.05. The lowest BCUT2D eigenvalue weighted by atomic mass is 10.3. The van der Waals surface area contributed by atoms with Gasteiger partial charge < -0.3 is 9.30 Å². The fraction of sp³-hybridized carbons (Fsp3) is 0.333. The smallest absolute Gasteiger partial charge is 0.245 e. The van der Waals surface area contributed by atoms with Crippen molar-refractivity contribution >= 4 is 27.5 Å². The summed E-state index contributed by atoms with van der Waals surface area (Å²) in [6.07, 6.45) is 0. The minimum Gasteiger partial charge on any atom is -0.494 e. The molecule has 0 aliphatic heterocycles. The lowest BCUT2D eigenvalue weighted by molar-refractivity contribution is -0.116. The first-order valence-corrected chi connectivity index (χ1v) is 6.21. The first-order valence-electron chi connectivity index (χ1n) is 5.39. The summed E-state index contributed by atoms with van der Waals surface area (Å²) in [6, 6.07) is 5.88. The molecule has 0 aliphatic carbocycles. The Morgan fingerprint density at radius 1 is 1.53 bits per heavy atom. The summed E-state index contributed by atoms with van der Waals surface area (Å²) in [4.78, 5) is 15.7. The molecular formula is C12H14N2O2S. The van der Waals surface area contributed by atoms with Crippen molar-refractivity contribution in [3.8, 4) is 5.75 Å². The zero-order valence-electron chi connectivity index (χ0n) is 10.1. The average Bonchev–Trinajstić information content (AvgIpc) is 2.55. The van der Waals surface area contributed by atoms with E-state index in [0.29, 0.717) is 11.4 Å². The Bertz CT molecular complexity index is 625. The highest BCUT2D eigenvalue weighted by atomic mass is 32.1. The standard InChI is InChI=1S/C12H14N2O2S/c1-4-16-9-5-6-10-11(7-9)17-12(14(10)3)13-8(2)15/h5-7H,4H2,1-3H3. The number of aromatic nitrogens is 1. The molecule has 1 aromatic carbocycles. The molecule has 0 aliphatic rings. The number of carbonyl (C=O) groups excluding carboxylic acids is 1. The van der Waals surface area contributed by atoms with Crippen molar-refractivity contribution in [2.24, 2.45) is 12.0 Å². The second kappa shape index (κ2) is 4.71. The lowest BCUT2D eigenvalue weighted by Gasteiger charge is -2.02. The Kier molecular flexibility index (Phi) is 3.28. The Morgan fingerprint density at radius 3 is 2.94 bits per heavy atom. The summed E-state index contributed by atoms with van der Waals surface area (Å²) >= 11 is 1.49. The van der Waals surface area contributed by atoms with Gasteiger partial charge in [0, 0.05) is 14.0 Å². The molecule has 0 spiro atoms. The van der Waals surface area contributed by atoms with Gasteiger partial charge in [-0.05, 0) is 25.1 Å². The summed E-state index contributed by atoms with van der Waals surface area (Å²) in [5.74, 6) is 0.661. The average molecular weight is 250 g/mol. The number of hydrogen-bond acceptors (Lipinski definition) is 3. The van der Waals surface area contributed by atoms with Crippen LogP contribution in [0, 0.1) is 0 Å². The molecule has 0 saturated heterocycles. The van der Waals surface area contributed by atoms with E-state index in [1.54, 1.807) is 0 Å². The molecule has 1 aromatic heterocycles. The molecular weight excluding hydrogens is 236 g/mol. The predicted molar refractivity (Wildman–Crippen MR) is 68.2 cm³/mol. The molecule has 1 amide bonds. The fourth-order valence-electron chi connectivity index (χ4n) is 1.61. The number of aryl methyl sites for hydroxylation is 1. The van der Waals surface area contributed by atoms with E-state index in [-0.39, 0.29) is 5.91 Å². The molecule has 5 heteroatoms. The molecule has 90 valence electrons. The van der Waals surface area contributed by atoms with Crippen LogP contribution in [-0.2, 0) is 11.8 Å². The monoisotopic (exact) mass is 250 g/mol. The molecule has 2 aromatic rings. The maximum Gasteiger partial charge on any atom is 0.245 e. The molecule has 4 nitrogen and oxygen atoms in total. The Balaban J connectivity index is 2.61. The number of benzene rings is 1. The summed E-state index contributed by atoms with van der Waals surface area (Å²) in [5, 5.41) is 0. The molecule has 17 heavy (non-hydrogen) atoms. The fourth-order valence-corrected chi connectivity index (χ4v) is 2.70. The van der Waals surface area contributed by atoms with Crippen molar-refractivity contribution in [2.45, 2.75) is 13.8 Å². The van der Waals surface area contributed by atoms with Crippen LogP contribution in [0.3, 0.4) is 0 Å². The number of hydrogen-bond donors (Lipinski definition) is 0. The van der Waals surface area contributed by atoms with Crippen LogP contribution in [0.1, 0.15) is 13.8 Å². The molecule has 0 bridgehead atoms. The number of rotatable bonds is 2. The Morgan fingerprint density at radius 2 is 2.29 bits per heavy atom.